The minimum absolute atomic E-state index is 0. The maximum absolute atomic E-state index is 11.5. The molecule has 0 aromatic rings. The molecule has 1 saturated heterocycles. The van der Waals surface area contributed by atoms with Gasteiger partial charge in [-0.3, -0.25) is 4.79 Å². The number of carbonyl (C=O) groups excluding carboxylic acids is 1. The highest BCUT2D eigenvalue weighted by Gasteiger charge is 2.36. The van der Waals surface area contributed by atoms with Gasteiger partial charge in [-0.25, -0.2) is 0 Å². The summed E-state index contributed by atoms with van der Waals surface area (Å²) in [6.07, 6.45) is 7.03. The van der Waals surface area contributed by atoms with Gasteiger partial charge in [0, 0.05) is 19.3 Å². The molecule has 1 aliphatic carbocycles. The lowest BCUT2D eigenvalue weighted by Gasteiger charge is -2.43. The Bertz CT molecular complexity index is 268. The topological polar surface area (TPSA) is 64.4 Å². The fourth-order valence-electron chi connectivity index (χ4n) is 3.01. The molecule has 0 aromatic carbocycles. The van der Waals surface area contributed by atoms with Crippen LogP contribution in [0.1, 0.15) is 45.4 Å². The first-order chi connectivity index (χ1) is 8.11. The first-order valence-electron chi connectivity index (χ1n) is 6.75. The van der Waals surface area contributed by atoms with Gasteiger partial charge in [0.05, 0.1) is 6.04 Å². The summed E-state index contributed by atoms with van der Waals surface area (Å²) in [4.78, 5) is 11.5. The Morgan fingerprint density at radius 3 is 2.33 bits per heavy atom. The molecule has 3 N–H and O–H groups in total. The van der Waals surface area contributed by atoms with Gasteiger partial charge in [0.1, 0.15) is 0 Å². The van der Waals surface area contributed by atoms with Crippen LogP contribution >= 0.6 is 12.4 Å². The van der Waals surface area contributed by atoms with E-state index < -0.39 is 6.04 Å². The molecule has 1 saturated carbocycles. The first-order valence-corrected chi connectivity index (χ1v) is 6.75. The highest BCUT2D eigenvalue weighted by molar-refractivity contribution is 5.85. The van der Waals surface area contributed by atoms with E-state index >= 15 is 0 Å². The summed E-state index contributed by atoms with van der Waals surface area (Å²) in [7, 11) is 0. The summed E-state index contributed by atoms with van der Waals surface area (Å²) in [5, 5.41) is 3.05. The van der Waals surface area contributed by atoms with Crippen molar-refractivity contribution in [3.63, 3.8) is 0 Å². The third-order valence-corrected chi connectivity index (χ3v) is 4.36. The molecule has 1 atom stereocenters. The summed E-state index contributed by atoms with van der Waals surface area (Å²) in [6.45, 7) is 3.56. The van der Waals surface area contributed by atoms with E-state index in [1.54, 1.807) is 6.92 Å². The van der Waals surface area contributed by atoms with E-state index in [4.69, 9.17) is 10.5 Å². The van der Waals surface area contributed by atoms with E-state index in [2.05, 4.69) is 5.32 Å². The van der Waals surface area contributed by atoms with E-state index in [0.29, 0.717) is 11.5 Å². The van der Waals surface area contributed by atoms with E-state index in [1.165, 1.54) is 25.7 Å². The van der Waals surface area contributed by atoms with Gasteiger partial charge in [-0.1, -0.05) is 0 Å². The minimum Gasteiger partial charge on any atom is -0.381 e. The lowest BCUT2D eigenvalue weighted by molar-refractivity contribution is -0.123. The van der Waals surface area contributed by atoms with Crippen LogP contribution in [0.15, 0.2) is 0 Å². The zero-order valence-electron chi connectivity index (χ0n) is 11.1. The van der Waals surface area contributed by atoms with Gasteiger partial charge in [-0.05, 0) is 50.9 Å². The van der Waals surface area contributed by atoms with Crippen LogP contribution in [0.5, 0.6) is 0 Å². The molecular weight excluding hydrogens is 252 g/mol. The molecule has 106 valence electrons. The molecule has 0 bridgehead atoms. The maximum atomic E-state index is 11.5. The summed E-state index contributed by atoms with van der Waals surface area (Å²) in [5.41, 5.74) is 6.07. The molecule has 1 heterocycles. The van der Waals surface area contributed by atoms with Crippen LogP contribution in [-0.4, -0.2) is 31.2 Å². The number of hydrogen-bond donors (Lipinski definition) is 2. The van der Waals surface area contributed by atoms with Crippen LogP contribution in [0.3, 0.4) is 0 Å². The van der Waals surface area contributed by atoms with Crippen LogP contribution in [0, 0.1) is 5.41 Å². The van der Waals surface area contributed by atoms with Crippen molar-refractivity contribution < 1.29 is 9.53 Å². The number of rotatable bonds is 2. The van der Waals surface area contributed by atoms with Gasteiger partial charge in [0.25, 0.3) is 0 Å². The zero-order valence-corrected chi connectivity index (χ0v) is 11.9. The third-order valence-electron chi connectivity index (χ3n) is 4.36. The molecule has 0 unspecified atom stereocenters. The third kappa shape index (κ3) is 3.84. The Labute approximate surface area is 115 Å². The van der Waals surface area contributed by atoms with Crippen LogP contribution < -0.4 is 11.1 Å². The Morgan fingerprint density at radius 2 is 1.83 bits per heavy atom. The molecule has 2 fully saturated rings. The minimum atomic E-state index is -0.394. The second kappa shape index (κ2) is 6.73. The van der Waals surface area contributed by atoms with Crippen molar-refractivity contribution in [3.05, 3.63) is 0 Å². The largest absolute Gasteiger partial charge is 0.381 e. The predicted molar refractivity (Wildman–Crippen MR) is 73.8 cm³/mol. The number of hydrogen-bond acceptors (Lipinski definition) is 3. The molecule has 0 radical (unpaired) electrons. The molecular formula is C13H25ClN2O2. The number of carbonyl (C=O) groups is 1. The molecule has 4 nitrogen and oxygen atoms in total. The highest BCUT2D eigenvalue weighted by Crippen LogP contribution is 2.43. The van der Waals surface area contributed by atoms with Crippen LogP contribution in [-0.2, 0) is 9.53 Å². The number of amides is 1. The molecule has 5 heteroatoms. The fourth-order valence-corrected chi connectivity index (χ4v) is 3.01. The second-order valence-corrected chi connectivity index (χ2v) is 5.68. The molecule has 18 heavy (non-hydrogen) atoms. The smallest absolute Gasteiger partial charge is 0.236 e. The van der Waals surface area contributed by atoms with Crippen LogP contribution in [0.25, 0.3) is 0 Å². The number of nitrogens with one attached hydrogen (secondary N) is 1. The first kappa shape index (κ1) is 15.7. The van der Waals surface area contributed by atoms with E-state index in [-0.39, 0.29) is 18.3 Å². The molecule has 2 aliphatic rings. The summed E-state index contributed by atoms with van der Waals surface area (Å²) >= 11 is 0. The highest BCUT2D eigenvalue weighted by atomic mass is 35.5. The molecule has 2 rings (SSSR count). The van der Waals surface area contributed by atoms with Gasteiger partial charge in [-0.2, -0.15) is 0 Å². The van der Waals surface area contributed by atoms with Crippen molar-refractivity contribution in [3.8, 4) is 0 Å². The predicted octanol–water partition coefficient (Wildman–Crippen LogP) is 1.61. The second-order valence-electron chi connectivity index (χ2n) is 5.68. The SMILES string of the molecule is C[C@@H](N)C(=O)NC1CCC2(CCOCC2)CC1.Cl. The molecule has 0 aromatic heterocycles. The summed E-state index contributed by atoms with van der Waals surface area (Å²) in [5.74, 6) is -0.0158. The Morgan fingerprint density at radius 1 is 1.28 bits per heavy atom. The van der Waals surface area contributed by atoms with Crippen LogP contribution in [0.2, 0.25) is 0 Å². The van der Waals surface area contributed by atoms with Crippen molar-refractivity contribution >= 4 is 18.3 Å². The van der Waals surface area contributed by atoms with E-state index in [1.807, 2.05) is 0 Å². The van der Waals surface area contributed by atoms with E-state index in [9.17, 15) is 4.79 Å². The average molecular weight is 277 g/mol. The van der Waals surface area contributed by atoms with E-state index in [0.717, 1.165) is 26.1 Å². The quantitative estimate of drug-likeness (QED) is 0.805. The zero-order chi connectivity index (χ0) is 12.3. The maximum Gasteiger partial charge on any atom is 0.236 e. The van der Waals surface area contributed by atoms with Crippen molar-refractivity contribution in [2.24, 2.45) is 11.1 Å². The average Bonchev–Trinajstić information content (AvgIpc) is 2.33. The van der Waals surface area contributed by atoms with Gasteiger partial charge in [0.2, 0.25) is 5.91 Å². The fraction of sp³-hybridized carbons (Fsp3) is 0.923. The van der Waals surface area contributed by atoms with Crippen molar-refractivity contribution in [2.75, 3.05) is 13.2 Å². The summed E-state index contributed by atoms with van der Waals surface area (Å²) in [6, 6.07) is -0.0593. The van der Waals surface area contributed by atoms with Gasteiger partial charge < -0.3 is 15.8 Å². The van der Waals surface area contributed by atoms with Gasteiger partial charge in [-0.15, -0.1) is 12.4 Å². The Hall–Kier alpha value is -0.320. The molecule has 1 aliphatic heterocycles. The lowest BCUT2D eigenvalue weighted by Crippen LogP contribution is -2.47. The van der Waals surface area contributed by atoms with Crippen LogP contribution in [0.4, 0.5) is 0 Å². The van der Waals surface area contributed by atoms with Gasteiger partial charge in [0.15, 0.2) is 0 Å². The Balaban J connectivity index is 0.00000162. The van der Waals surface area contributed by atoms with Crippen molar-refractivity contribution in [1.29, 1.82) is 0 Å². The normalized spacial score (nSPS) is 25.2. The number of ether oxygens (including phenoxy) is 1. The van der Waals surface area contributed by atoms with Gasteiger partial charge >= 0.3 is 0 Å². The number of halogens is 1. The molecule has 1 spiro atoms. The number of nitrogens with two attached hydrogens (primary N) is 1. The lowest BCUT2D eigenvalue weighted by atomic mass is 9.68. The van der Waals surface area contributed by atoms with Crippen molar-refractivity contribution in [2.45, 2.75) is 57.5 Å². The summed E-state index contributed by atoms with van der Waals surface area (Å²) < 4.78 is 5.43. The standard InChI is InChI=1S/C13H24N2O2.ClH/c1-10(14)12(16)15-11-2-4-13(5-3-11)6-8-17-9-7-13;/h10-11H,2-9,14H2,1H3,(H,15,16);1H/t10-;/m1./s1. The van der Waals surface area contributed by atoms with Crippen molar-refractivity contribution in [1.82, 2.24) is 5.32 Å². The monoisotopic (exact) mass is 276 g/mol. The Kier molecular flexibility index (Phi) is 5.89. The molecule has 1 amide bonds.